The summed E-state index contributed by atoms with van der Waals surface area (Å²) in [7, 11) is 0. The standard InChI is InChI=1S/C14H17N3O3S2/c1-8-9(2)22-13-11(8)12(19)15-14(16-13)21-7-10(18)17-3-5-20-6-4-17/h11H,3-7H2,1-2H3. The lowest BCUT2D eigenvalue weighted by Gasteiger charge is -2.26. The van der Waals surface area contributed by atoms with Gasteiger partial charge in [0, 0.05) is 13.1 Å². The van der Waals surface area contributed by atoms with Crippen molar-refractivity contribution in [3.63, 3.8) is 0 Å². The van der Waals surface area contributed by atoms with Crippen molar-refractivity contribution in [3.8, 4) is 0 Å². The fourth-order valence-corrected chi connectivity index (χ4v) is 4.37. The number of hydrogen-bond acceptors (Lipinski definition) is 6. The number of amides is 2. The molecule has 1 unspecified atom stereocenters. The fraction of sp³-hybridized carbons (Fsp3) is 0.571. The Balaban J connectivity index is 1.60. The van der Waals surface area contributed by atoms with Gasteiger partial charge in [-0.15, -0.1) is 0 Å². The van der Waals surface area contributed by atoms with Gasteiger partial charge in [-0.2, -0.15) is 4.99 Å². The summed E-state index contributed by atoms with van der Waals surface area (Å²) < 4.78 is 5.23. The number of allylic oxidation sites excluding steroid dienone is 1. The minimum absolute atomic E-state index is 0.0373. The van der Waals surface area contributed by atoms with Gasteiger partial charge in [-0.25, -0.2) is 4.99 Å². The van der Waals surface area contributed by atoms with E-state index in [1.807, 2.05) is 13.8 Å². The Morgan fingerprint density at radius 2 is 2.09 bits per heavy atom. The quantitative estimate of drug-likeness (QED) is 0.763. The monoisotopic (exact) mass is 339 g/mol. The average Bonchev–Trinajstić information content (AvgIpc) is 2.81. The average molecular weight is 339 g/mol. The van der Waals surface area contributed by atoms with Crippen LogP contribution < -0.4 is 0 Å². The molecule has 2 amide bonds. The van der Waals surface area contributed by atoms with E-state index in [4.69, 9.17) is 4.74 Å². The van der Waals surface area contributed by atoms with E-state index in [1.54, 1.807) is 4.90 Å². The number of morpholine rings is 1. The summed E-state index contributed by atoms with van der Waals surface area (Å²) in [6, 6.07) is 0. The highest BCUT2D eigenvalue weighted by molar-refractivity contribution is 8.18. The third-order valence-corrected chi connectivity index (χ3v) is 5.84. The summed E-state index contributed by atoms with van der Waals surface area (Å²) >= 11 is 2.76. The third kappa shape index (κ3) is 3.13. The van der Waals surface area contributed by atoms with Gasteiger partial charge in [-0.3, -0.25) is 9.59 Å². The van der Waals surface area contributed by atoms with E-state index in [9.17, 15) is 9.59 Å². The van der Waals surface area contributed by atoms with Crippen molar-refractivity contribution in [2.24, 2.45) is 15.9 Å². The minimum atomic E-state index is -0.302. The number of thioether (sulfide) groups is 2. The molecule has 0 aliphatic carbocycles. The number of ether oxygens (including phenoxy) is 1. The summed E-state index contributed by atoms with van der Waals surface area (Å²) in [6.45, 7) is 6.35. The summed E-state index contributed by atoms with van der Waals surface area (Å²) in [5.74, 6) is -0.184. The second-order valence-corrected chi connectivity index (χ2v) is 7.42. The molecule has 22 heavy (non-hydrogen) atoms. The van der Waals surface area contributed by atoms with Gasteiger partial charge in [0.15, 0.2) is 5.17 Å². The lowest BCUT2D eigenvalue weighted by Crippen LogP contribution is -2.41. The van der Waals surface area contributed by atoms with Gasteiger partial charge in [-0.05, 0) is 24.3 Å². The summed E-state index contributed by atoms with van der Waals surface area (Å²) in [6.07, 6.45) is 0. The molecule has 0 aromatic heterocycles. The van der Waals surface area contributed by atoms with E-state index in [1.165, 1.54) is 23.5 Å². The first-order valence-corrected chi connectivity index (χ1v) is 8.91. The second kappa shape index (κ2) is 6.55. The van der Waals surface area contributed by atoms with Gasteiger partial charge in [0.1, 0.15) is 5.92 Å². The molecule has 3 rings (SSSR count). The van der Waals surface area contributed by atoms with E-state index in [0.717, 1.165) is 15.5 Å². The normalized spacial score (nSPS) is 25.1. The van der Waals surface area contributed by atoms with Gasteiger partial charge in [0.2, 0.25) is 5.91 Å². The number of fused-ring (bicyclic) bond motifs is 1. The van der Waals surface area contributed by atoms with Crippen LogP contribution >= 0.6 is 23.5 Å². The topological polar surface area (TPSA) is 71.3 Å². The summed E-state index contributed by atoms with van der Waals surface area (Å²) in [5, 5.41) is 1.18. The predicted molar refractivity (Wildman–Crippen MR) is 89.2 cm³/mol. The molecule has 0 radical (unpaired) electrons. The predicted octanol–water partition coefficient (Wildman–Crippen LogP) is 1.53. The van der Waals surface area contributed by atoms with Crippen molar-refractivity contribution in [2.45, 2.75) is 13.8 Å². The molecule has 1 saturated heterocycles. The second-order valence-electron chi connectivity index (χ2n) is 5.24. The Kier molecular flexibility index (Phi) is 4.70. The molecule has 8 heteroatoms. The molecule has 0 bridgehead atoms. The molecule has 0 aromatic carbocycles. The number of amidine groups is 1. The lowest BCUT2D eigenvalue weighted by molar-refractivity contribution is -0.132. The Hall–Kier alpha value is -1.12. The molecule has 0 aromatic rings. The van der Waals surface area contributed by atoms with E-state index in [0.29, 0.717) is 31.5 Å². The van der Waals surface area contributed by atoms with Crippen molar-refractivity contribution in [1.82, 2.24) is 4.90 Å². The van der Waals surface area contributed by atoms with E-state index < -0.39 is 0 Å². The highest BCUT2D eigenvalue weighted by Gasteiger charge is 2.36. The molecule has 0 saturated carbocycles. The van der Waals surface area contributed by atoms with Crippen LogP contribution in [0.4, 0.5) is 0 Å². The maximum atomic E-state index is 12.1. The number of aliphatic imine (C=N–C) groups is 2. The molecular formula is C14H17N3O3S2. The van der Waals surface area contributed by atoms with Gasteiger partial charge >= 0.3 is 0 Å². The Bertz CT molecular complexity index is 606. The molecule has 3 aliphatic rings. The van der Waals surface area contributed by atoms with Crippen LogP contribution in [0.3, 0.4) is 0 Å². The third-order valence-electron chi connectivity index (χ3n) is 3.84. The number of carbonyl (C=O) groups excluding carboxylic acids is 2. The molecule has 3 heterocycles. The molecule has 0 spiro atoms. The summed E-state index contributed by atoms with van der Waals surface area (Å²) in [4.78, 5) is 35.6. The maximum Gasteiger partial charge on any atom is 0.262 e. The highest BCUT2D eigenvalue weighted by atomic mass is 32.2. The smallest absolute Gasteiger partial charge is 0.262 e. The Labute approximate surface area is 137 Å². The van der Waals surface area contributed by atoms with Crippen molar-refractivity contribution < 1.29 is 14.3 Å². The summed E-state index contributed by atoms with van der Waals surface area (Å²) in [5.41, 5.74) is 1.03. The molecule has 0 N–H and O–H groups in total. The maximum absolute atomic E-state index is 12.1. The van der Waals surface area contributed by atoms with Crippen LogP contribution in [-0.4, -0.2) is 59.0 Å². The number of carbonyl (C=O) groups is 2. The molecule has 3 aliphatic heterocycles. The van der Waals surface area contributed by atoms with Crippen molar-refractivity contribution in [2.75, 3.05) is 32.1 Å². The van der Waals surface area contributed by atoms with Crippen LogP contribution in [0.5, 0.6) is 0 Å². The zero-order valence-electron chi connectivity index (χ0n) is 12.5. The molecule has 6 nitrogen and oxygen atoms in total. The minimum Gasteiger partial charge on any atom is -0.378 e. The molecule has 1 atom stereocenters. The van der Waals surface area contributed by atoms with Crippen molar-refractivity contribution in [1.29, 1.82) is 0 Å². The highest BCUT2D eigenvalue weighted by Crippen LogP contribution is 2.40. The molecule has 1 fully saturated rings. The van der Waals surface area contributed by atoms with Gasteiger partial charge in [-0.1, -0.05) is 23.5 Å². The number of nitrogens with zero attached hydrogens (tertiary/aromatic N) is 3. The first-order valence-electron chi connectivity index (χ1n) is 7.11. The Morgan fingerprint density at radius 1 is 1.36 bits per heavy atom. The van der Waals surface area contributed by atoms with Crippen LogP contribution in [0.2, 0.25) is 0 Å². The van der Waals surface area contributed by atoms with Crippen LogP contribution in [-0.2, 0) is 14.3 Å². The Morgan fingerprint density at radius 3 is 2.82 bits per heavy atom. The first-order chi connectivity index (χ1) is 10.6. The number of hydrogen-bond donors (Lipinski definition) is 0. The van der Waals surface area contributed by atoms with Gasteiger partial charge < -0.3 is 9.64 Å². The SMILES string of the molecule is CC1=C(C)C2C(=O)N=C(SCC(=O)N3CCOCC3)N=C2S1. The first kappa shape index (κ1) is 15.8. The van der Waals surface area contributed by atoms with Crippen molar-refractivity contribution >= 4 is 45.5 Å². The fourth-order valence-electron chi connectivity index (χ4n) is 2.44. The van der Waals surface area contributed by atoms with Gasteiger partial charge in [0.05, 0.1) is 24.0 Å². The van der Waals surface area contributed by atoms with E-state index >= 15 is 0 Å². The number of rotatable bonds is 2. The lowest BCUT2D eigenvalue weighted by atomic mass is 10.0. The van der Waals surface area contributed by atoms with Crippen LogP contribution in [0.25, 0.3) is 0 Å². The molecular weight excluding hydrogens is 322 g/mol. The van der Waals surface area contributed by atoms with Crippen molar-refractivity contribution in [3.05, 3.63) is 10.5 Å². The zero-order chi connectivity index (χ0) is 15.7. The molecule has 118 valence electrons. The van der Waals surface area contributed by atoms with Gasteiger partial charge in [0.25, 0.3) is 5.91 Å². The van der Waals surface area contributed by atoms with Crippen LogP contribution in [0, 0.1) is 5.92 Å². The van der Waals surface area contributed by atoms with Crippen LogP contribution in [0.1, 0.15) is 13.8 Å². The largest absolute Gasteiger partial charge is 0.378 e. The zero-order valence-corrected chi connectivity index (χ0v) is 14.1. The van der Waals surface area contributed by atoms with Crippen LogP contribution in [0.15, 0.2) is 20.5 Å². The van der Waals surface area contributed by atoms with E-state index in [2.05, 4.69) is 9.98 Å². The van der Waals surface area contributed by atoms with E-state index in [-0.39, 0.29) is 23.5 Å².